The summed E-state index contributed by atoms with van der Waals surface area (Å²) in [6, 6.07) is 1.71. The van der Waals surface area contributed by atoms with Gasteiger partial charge in [0.2, 0.25) is 0 Å². The molecular weight excluding hydrogens is 156 g/mol. The number of aliphatic hydroxyl groups is 1. The smallest absolute Gasteiger partial charge is 0.168 e. The van der Waals surface area contributed by atoms with Gasteiger partial charge in [-0.15, -0.1) is 0 Å². The fourth-order valence-electron chi connectivity index (χ4n) is 0.795. The fraction of sp³-hybridized carbons (Fsp3) is 0.444. The summed E-state index contributed by atoms with van der Waals surface area (Å²) in [7, 11) is 0. The predicted octanol–water partition coefficient (Wildman–Crippen LogP) is 1.16. The van der Waals surface area contributed by atoms with Crippen molar-refractivity contribution in [3.05, 3.63) is 24.2 Å². The van der Waals surface area contributed by atoms with Crippen LogP contribution in [0.25, 0.3) is 0 Å². The van der Waals surface area contributed by atoms with Crippen LogP contribution in [-0.2, 0) is 11.2 Å². The molecule has 0 atom stereocenters. The first-order chi connectivity index (χ1) is 5.50. The minimum Gasteiger partial charge on any atom is -0.472 e. The van der Waals surface area contributed by atoms with Crippen LogP contribution in [0.2, 0.25) is 0 Å². The number of Topliss-reactive ketones (excluding diaryl/α,β-unsaturated/α-hetero) is 1. The molecule has 0 fully saturated rings. The van der Waals surface area contributed by atoms with Crippen LogP contribution in [0.15, 0.2) is 23.0 Å². The molecule has 0 spiro atoms. The number of furan rings is 1. The zero-order valence-electron chi connectivity index (χ0n) is 7.20. The monoisotopic (exact) mass is 168 g/mol. The van der Waals surface area contributed by atoms with Gasteiger partial charge in [0.05, 0.1) is 12.5 Å². The van der Waals surface area contributed by atoms with E-state index in [1.807, 2.05) is 0 Å². The van der Waals surface area contributed by atoms with Crippen molar-refractivity contribution in [1.29, 1.82) is 0 Å². The lowest BCUT2D eigenvalue weighted by Gasteiger charge is -2.14. The molecular formula is C9H12O3. The molecule has 1 rings (SSSR count). The summed E-state index contributed by atoms with van der Waals surface area (Å²) in [6.45, 7) is 2.96. The van der Waals surface area contributed by atoms with Crippen molar-refractivity contribution in [1.82, 2.24) is 0 Å². The summed E-state index contributed by atoms with van der Waals surface area (Å²) in [5.74, 6) is -0.205. The van der Waals surface area contributed by atoms with Crippen molar-refractivity contribution in [3.63, 3.8) is 0 Å². The molecule has 0 aliphatic heterocycles. The zero-order chi connectivity index (χ0) is 9.19. The number of ketones is 1. The van der Waals surface area contributed by atoms with Gasteiger partial charge >= 0.3 is 0 Å². The third-order valence-electron chi connectivity index (χ3n) is 1.63. The van der Waals surface area contributed by atoms with Crippen molar-refractivity contribution in [2.75, 3.05) is 0 Å². The van der Waals surface area contributed by atoms with Crippen LogP contribution in [-0.4, -0.2) is 16.5 Å². The molecule has 0 saturated heterocycles. The highest BCUT2D eigenvalue weighted by molar-refractivity contribution is 5.87. The molecule has 0 unspecified atom stereocenters. The van der Waals surface area contributed by atoms with Crippen LogP contribution < -0.4 is 0 Å². The maximum Gasteiger partial charge on any atom is 0.168 e. The molecule has 0 radical (unpaired) electrons. The van der Waals surface area contributed by atoms with Crippen molar-refractivity contribution in [2.45, 2.75) is 25.9 Å². The van der Waals surface area contributed by atoms with E-state index in [-0.39, 0.29) is 12.2 Å². The van der Waals surface area contributed by atoms with E-state index in [1.165, 1.54) is 26.4 Å². The zero-order valence-corrected chi connectivity index (χ0v) is 7.20. The van der Waals surface area contributed by atoms with E-state index in [0.717, 1.165) is 5.56 Å². The van der Waals surface area contributed by atoms with Crippen LogP contribution in [0, 0.1) is 0 Å². The molecule has 0 amide bonds. The molecule has 3 nitrogen and oxygen atoms in total. The standard InChI is InChI=1S/C9H12O3/c1-9(2,11)8(10)5-7-3-4-12-6-7/h3-4,6,11H,5H2,1-2H3. The lowest BCUT2D eigenvalue weighted by molar-refractivity contribution is -0.133. The Morgan fingerprint density at radius 3 is 2.75 bits per heavy atom. The first-order valence-corrected chi connectivity index (χ1v) is 3.77. The number of carbonyl (C=O) groups excluding carboxylic acids is 1. The van der Waals surface area contributed by atoms with Gasteiger partial charge in [-0.25, -0.2) is 0 Å². The summed E-state index contributed by atoms with van der Waals surface area (Å²) >= 11 is 0. The maximum atomic E-state index is 11.2. The Morgan fingerprint density at radius 2 is 2.33 bits per heavy atom. The molecule has 1 aromatic heterocycles. The average molecular weight is 168 g/mol. The largest absolute Gasteiger partial charge is 0.472 e. The molecule has 1 N–H and O–H groups in total. The van der Waals surface area contributed by atoms with Crippen molar-refractivity contribution in [3.8, 4) is 0 Å². The normalized spacial score (nSPS) is 11.6. The first kappa shape index (κ1) is 9.00. The molecule has 0 aromatic carbocycles. The van der Waals surface area contributed by atoms with Gasteiger partial charge < -0.3 is 9.52 Å². The van der Waals surface area contributed by atoms with Gasteiger partial charge in [-0.3, -0.25) is 4.79 Å². The van der Waals surface area contributed by atoms with E-state index in [1.54, 1.807) is 6.07 Å². The Bertz CT molecular complexity index is 254. The molecule has 1 aromatic rings. The highest BCUT2D eigenvalue weighted by Gasteiger charge is 2.23. The number of hydrogen-bond acceptors (Lipinski definition) is 3. The number of carbonyl (C=O) groups is 1. The van der Waals surface area contributed by atoms with E-state index in [9.17, 15) is 9.90 Å². The van der Waals surface area contributed by atoms with Crippen LogP contribution in [0.1, 0.15) is 19.4 Å². The van der Waals surface area contributed by atoms with Crippen molar-refractivity contribution >= 4 is 5.78 Å². The van der Waals surface area contributed by atoms with Gasteiger partial charge in [0, 0.05) is 6.42 Å². The fourth-order valence-corrected chi connectivity index (χ4v) is 0.795. The second-order valence-electron chi connectivity index (χ2n) is 3.29. The highest BCUT2D eigenvalue weighted by atomic mass is 16.3. The van der Waals surface area contributed by atoms with Gasteiger partial charge in [-0.05, 0) is 25.5 Å². The lowest BCUT2D eigenvalue weighted by atomic mass is 9.99. The van der Waals surface area contributed by atoms with E-state index in [4.69, 9.17) is 4.42 Å². The Labute approximate surface area is 71.0 Å². The summed E-state index contributed by atoms with van der Waals surface area (Å²) in [4.78, 5) is 11.2. The predicted molar refractivity (Wildman–Crippen MR) is 43.7 cm³/mol. The molecule has 0 bridgehead atoms. The van der Waals surface area contributed by atoms with Gasteiger partial charge in [-0.2, -0.15) is 0 Å². The lowest BCUT2D eigenvalue weighted by Crippen LogP contribution is -2.32. The second-order valence-corrected chi connectivity index (χ2v) is 3.29. The third kappa shape index (κ3) is 2.20. The summed E-state index contributed by atoms with van der Waals surface area (Å²) in [5.41, 5.74) is -0.459. The van der Waals surface area contributed by atoms with Gasteiger partial charge in [-0.1, -0.05) is 0 Å². The average Bonchev–Trinajstić information content (AvgIpc) is 2.37. The molecule has 66 valence electrons. The molecule has 0 saturated carbocycles. The molecule has 0 aliphatic rings. The Kier molecular flexibility index (Phi) is 2.33. The van der Waals surface area contributed by atoms with Gasteiger partial charge in [0.1, 0.15) is 5.60 Å². The molecule has 1 heterocycles. The molecule has 3 heteroatoms. The third-order valence-corrected chi connectivity index (χ3v) is 1.63. The van der Waals surface area contributed by atoms with Crippen LogP contribution in [0.4, 0.5) is 0 Å². The number of rotatable bonds is 3. The van der Waals surface area contributed by atoms with E-state index in [2.05, 4.69) is 0 Å². The van der Waals surface area contributed by atoms with Crippen molar-refractivity contribution < 1.29 is 14.3 Å². The van der Waals surface area contributed by atoms with E-state index < -0.39 is 5.60 Å². The van der Waals surface area contributed by atoms with E-state index in [0.29, 0.717) is 0 Å². The Hall–Kier alpha value is -1.09. The number of hydrogen-bond donors (Lipinski definition) is 1. The van der Waals surface area contributed by atoms with Gasteiger partial charge in [0.25, 0.3) is 0 Å². The molecule has 0 aliphatic carbocycles. The molecule has 12 heavy (non-hydrogen) atoms. The van der Waals surface area contributed by atoms with Crippen molar-refractivity contribution in [2.24, 2.45) is 0 Å². The van der Waals surface area contributed by atoms with Crippen LogP contribution in [0.5, 0.6) is 0 Å². The van der Waals surface area contributed by atoms with E-state index >= 15 is 0 Å². The Balaban J connectivity index is 2.60. The highest BCUT2D eigenvalue weighted by Crippen LogP contribution is 2.09. The summed E-state index contributed by atoms with van der Waals surface area (Å²) in [5, 5.41) is 9.30. The first-order valence-electron chi connectivity index (χ1n) is 3.77. The maximum absolute atomic E-state index is 11.2. The quantitative estimate of drug-likeness (QED) is 0.736. The van der Waals surface area contributed by atoms with Crippen LogP contribution >= 0.6 is 0 Å². The topological polar surface area (TPSA) is 50.4 Å². The SMILES string of the molecule is CC(C)(O)C(=O)Cc1ccoc1. The summed E-state index contributed by atoms with van der Waals surface area (Å²) < 4.78 is 4.79. The Morgan fingerprint density at radius 1 is 1.67 bits per heavy atom. The summed E-state index contributed by atoms with van der Waals surface area (Å²) in [6.07, 6.45) is 3.23. The second kappa shape index (κ2) is 3.11. The van der Waals surface area contributed by atoms with Crippen LogP contribution in [0.3, 0.4) is 0 Å². The minimum absolute atomic E-state index is 0.205. The van der Waals surface area contributed by atoms with Gasteiger partial charge in [0.15, 0.2) is 5.78 Å². The minimum atomic E-state index is -1.25.